The highest BCUT2D eigenvalue weighted by Gasteiger charge is 2.25. The fraction of sp³-hybridized carbons (Fsp3) is 0.304. The van der Waals surface area contributed by atoms with Crippen LogP contribution in [0.3, 0.4) is 0 Å². The van der Waals surface area contributed by atoms with Crippen LogP contribution in [0.5, 0.6) is 0 Å². The maximum absolute atomic E-state index is 12.8. The maximum Gasteiger partial charge on any atom is 0.321 e. The second-order valence-electron chi connectivity index (χ2n) is 7.55. The zero-order valence-corrected chi connectivity index (χ0v) is 19.3. The van der Waals surface area contributed by atoms with E-state index in [9.17, 15) is 9.59 Å². The minimum absolute atomic E-state index is 0.0114. The third kappa shape index (κ3) is 5.28. The van der Waals surface area contributed by atoms with Gasteiger partial charge >= 0.3 is 6.03 Å². The molecule has 1 N–H and O–H groups in total. The molecular weight excluding hydrogens is 440 g/mol. The van der Waals surface area contributed by atoms with Crippen LogP contribution in [0.25, 0.3) is 11.4 Å². The van der Waals surface area contributed by atoms with Gasteiger partial charge in [-0.15, -0.1) is 16.8 Å². The van der Waals surface area contributed by atoms with Crippen molar-refractivity contribution in [1.82, 2.24) is 24.6 Å². The lowest BCUT2D eigenvalue weighted by Gasteiger charge is -2.34. The van der Waals surface area contributed by atoms with Gasteiger partial charge in [0.1, 0.15) is 5.76 Å². The van der Waals surface area contributed by atoms with E-state index in [-0.39, 0.29) is 17.7 Å². The summed E-state index contributed by atoms with van der Waals surface area (Å²) in [7, 11) is 0. The molecule has 0 aliphatic carbocycles. The first-order valence-corrected chi connectivity index (χ1v) is 11.7. The second-order valence-corrected chi connectivity index (χ2v) is 8.49. The largest absolute Gasteiger partial charge is 0.469 e. The number of hydrogen-bond acceptors (Lipinski definition) is 6. The number of nitrogens with one attached hydrogen (secondary N) is 1. The van der Waals surface area contributed by atoms with E-state index >= 15 is 0 Å². The lowest BCUT2D eigenvalue weighted by Crippen LogP contribution is -2.52. The molecule has 1 aromatic carbocycles. The molecule has 0 bridgehead atoms. The molecule has 3 amide bonds. The monoisotopic (exact) mass is 466 g/mol. The molecule has 1 fully saturated rings. The summed E-state index contributed by atoms with van der Waals surface area (Å²) in [5, 5.41) is 12.1. The first-order chi connectivity index (χ1) is 16.1. The number of aromatic nitrogens is 3. The standard InChI is InChI=1S/C23H26N6O3S/c1-3-10-29-21(19-9-15-32-17(19)2)25-26-23(29)33-16-20(30)27-11-13-28(14-12-27)22(31)24-18-7-5-4-6-8-18/h3-9,15H,1,10-14,16H2,2H3,(H,24,31). The van der Waals surface area contributed by atoms with Crippen molar-refractivity contribution < 1.29 is 14.0 Å². The summed E-state index contributed by atoms with van der Waals surface area (Å²) in [4.78, 5) is 28.8. The molecule has 1 aliphatic heterocycles. The highest BCUT2D eigenvalue weighted by molar-refractivity contribution is 7.99. The normalized spacial score (nSPS) is 13.7. The Kier molecular flexibility index (Phi) is 7.13. The van der Waals surface area contributed by atoms with Gasteiger partial charge in [0, 0.05) is 38.4 Å². The van der Waals surface area contributed by atoms with Crippen molar-refractivity contribution in [3.05, 3.63) is 61.1 Å². The zero-order chi connectivity index (χ0) is 23.2. The van der Waals surface area contributed by atoms with Crippen LogP contribution in [0.2, 0.25) is 0 Å². The van der Waals surface area contributed by atoms with Crippen molar-refractivity contribution >= 4 is 29.4 Å². The van der Waals surface area contributed by atoms with E-state index in [0.717, 1.165) is 17.0 Å². The van der Waals surface area contributed by atoms with Crippen molar-refractivity contribution in [2.45, 2.75) is 18.6 Å². The molecular formula is C23H26N6O3S. The van der Waals surface area contributed by atoms with Gasteiger partial charge in [0.05, 0.1) is 17.6 Å². The summed E-state index contributed by atoms with van der Waals surface area (Å²) in [6.07, 6.45) is 3.39. The van der Waals surface area contributed by atoms with Crippen LogP contribution in [0.4, 0.5) is 10.5 Å². The summed E-state index contributed by atoms with van der Waals surface area (Å²) in [5.74, 6) is 1.71. The van der Waals surface area contributed by atoms with Crippen molar-refractivity contribution in [2.24, 2.45) is 0 Å². The minimum atomic E-state index is -0.151. The number of para-hydroxylation sites is 1. The first-order valence-electron chi connectivity index (χ1n) is 10.7. The van der Waals surface area contributed by atoms with Gasteiger partial charge in [-0.05, 0) is 25.1 Å². The lowest BCUT2D eigenvalue weighted by molar-refractivity contribution is -0.129. The maximum atomic E-state index is 12.8. The molecule has 3 aromatic rings. The molecule has 2 aromatic heterocycles. The Labute approximate surface area is 196 Å². The van der Waals surface area contributed by atoms with Gasteiger partial charge in [0.15, 0.2) is 11.0 Å². The Balaban J connectivity index is 1.31. The van der Waals surface area contributed by atoms with Gasteiger partial charge < -0.3 is 19.5 Å². The summed E-state index contributed by atoms with van der Waals surface area (Å²) < 4.78 is 7.32. The van der Waals surface area contributed by atoms with Crippen molar-refractivity contribution in [3.63, 3.8) is 0 Å². The van der Waals surface area contributed by atoms with E-state index in [1.165, 1.54) is 11.8 Å². The van der Waals surface area contributed by atoms with E-state index in [0.29, 0.717) is 43.7 Å². The number of amides is 3. The Morgan fingerprint density at radius 1 is 1.12 bits per heavy atom. The van der Waals surface area contributed by atoms with E-state index in [4.69, 9.17) is 4.42 Å². The molecule has 33 heavy (non-hydrogen) atoms. The number of furan rings is 1. The number of piperazine rings is 1. The second kappa shape index (κ2) is 10.4. The minimum Gasteiger partial charge on any atom is -0.469 e. The predicted octanol–water partition coefficient (Wildman–Crippen LogP) is 3.50. The Hall–Kier alpha value is -3.53. The number of urea groups is 1. The molecule has 0 saturated carbocycles. The molecule has 0 radical (unpaired) electrons. The van der Waals surface area contributed by atoms with Crippen molar-refractivity contribution in [2.75, 3.05) is 37.2 Å². The average molecular weight is 467 g/mol. The van der Waals surface area contributed by atoms with Crippen LogP contribution >= 0.6 is 11.8 Å². The number of hydrogen-bond donors (Lipinski definition) is 1. The number of carbonyl (C=O) groups is 2. The Bertz CT molecular complexity index is 1120. The quantitative estimate of drug-likeness (QED) is 0.423. The third-order valence-electron chi connectivity index (χ3n) is 5.40. The average Bonchev–Trinajstić information content (AvgIpc) is 3.44. The number of carbonyl (C=O) groups excluding carboxylic acids is 2. The van der Waals surface area contributed by atoms with Crippen LogP contribution in [0, 0.1) is 6.92 Å². The molecule has 10 heteroatoms. The smallest absolute Gasteiger partial charge is 0.321 e. The van der Waals surface area contributed by atoms with Crippen molar-refractivity contribution in [3.8, 4) is 11.4 Å². The zero-order valence-electron chi connectivity index (χ0n) is 18.4. The fourth-order valence-electron chi connectivity index (χ4n) is 3.61. The number of benzene rings is 1. The number of anilines is 1. The number of allylic oxidation sites excluding steroid dienone is 1. The van der Waals surface area contributed by atoms with Crippen LogP contribution in [-0.2, 0) is 11.3 Å². The summed E-state index contributed by atoms with van der Waals surface area (Å²) in [6, 6.07) is 11.0. The van der Waals surface area contributed by atoms with E-state index in [2.05, 4.69) is 22.1 Å². The summed E-state index contributed by atoms with van der Waals surface area (Å²) in [5.41, 5.74) is 1.62. The van der Waals surface area contributed by atoms with Gasteiger partial charge in [-0.1, -0.05) is 36.0 Å². The van der Waals surface area contributed by atoms with Crippen LogP contribution < -0.4 is 5.32 Å². The third-order valence-corrected chi connectivity index (χ3v) is 6.35. The molecule has 0 spiro atoms. The summed E-state index contributed by atoms with van der Waals surface area (Å²) >= 11 is 1.35. The van der Waals surface area contributed by atoms with Gasteiger partial charge in [-0.2, -0.15) is 0 Å². The first kappa shape index (κ1) is 22.7. The number of thioether (sulfide) groups is 1. The molecule has 0 atom stereocenters. The van der Waals surface area contributed by atoms with Crippen LogP contribution in [0.15, 0.2) is 64.9 Å². The van der Waals surface area contributed by atoms with E-state index < -0.39 is 0 Å². The SMILES string of the molecule is C=CCn1c(SCC(=O)N2CCN(C(=O)Nc3ccccc3)CC2)nnc1-c1ccoc1C. The van der Waals surface area contributed by atoms with Crippen LogP contribution in [0.1, 0.15) is 5.76 Å². The Morgan fingerprint density at radius 3 is 2.52 bits per heavy atom. The number of aryl methyl sites for hydroxylation is 1. The van der Waals surface area contributed by atoms with E-state index in [1.54, 1.807) is 22.1 Å². The molecule has 0 unspecified atom stereocenters. The molecule has 9 nitrogen and oxygen atoms in total. The number of rotatable bonds is 7. The molecule has 1 saturated heterocycles. The molecule has 1 aliphatic rings. The van der Waals surface area contributed by atoms with Gasteiger partial charge in [-0.3, -0.25) is 9.36 Å². The van der Waals surface area contributed by atoms with Crippen molar-refractivity contribution in [1.29, 1.82) is 0 Å². The predicted molar refractivity (Wildman–Crippen MR) is 127 cm³/mol. The topological polar surface area (TPSA) is 96.5 Å². The lowest BCUT2D eigenvalue weighted by atomic mass is 10.2. The van der Waals surface area contributed by atoms with E-state index in [1.807, 2.05) is 47.9 Å². The number of nitrogens with zero attached hydrogens (tertiary/aromatic N) is 5. The van der Waals surface area contributed by atoms with Gasteiger partial charge in [-0.25, -0.2) is 4.79 Å². The van der Waals surface area contributed by atoms with Gasteiger partial charge in [0.2, 0.25) is 5.91 Å². The van der Waals surface area contributed by atoms with Crippen LogP contribution in [-0.4, -0.2) is 68.4 Å². The molecule has 4 rings (SSSR count). The highest BCUT2D eigenvalue weighted by atomic mass is 32.2. The van der Waals surface area contributed by atoms with Gasteiger partial charge in [0.25, 0.3) is 0 Å². The highest BCUT2D eigenvalue weighted by Crippen LogP contribution is 2.27. The molecule has 3 heterocycles. The Morgan fingerprint density at radius 2 is 1.85 bits per heavy atom. The fourth-order valence-corrected chi connectivity index (χ4v) is 4.46. The molecule has 172 valence electrons. The summed E-state index contributed by atoms with van der Waals surface area (Å²) in [6.45, 7) is 8.20.